The summed E-state index contributed by atoms with van der Waals surface area (Å²) < 4.78 is 0. The third kappa shape index (κ3) is 1.55. The average molecular weight is 193 g/mol. The number of rotatable bonds is 2. The van der Waals surface area contributed by atoms with Crippen molar-refractivity contribution in [3.05, 3.63) is 11.4 Å². The normalized spacial score (nSPS) is 24.7. The monoisotopic (exact) mass is 193 g/mol. The van der Waals surface area contributed by atoms with E-state index in [1.54, 1.807) is 0 Å². The summed E-state index contributed by atoms with van der Waals surface area (Å²) in [5.41, 5.74) is 4.38. The number of hydroxylamine groups is 1. The summed E-state index contributed by atoms with van der Waals surface area (Å²) in [6.45, 7) is 2.19. The average Bonchev–Trinajstić information content (AvgIpc) is 2.27. The van der Waals surface area contributed by atoms with Gasteiger partial charge in [-0.2, -0.15) is 5.26 Å². The SMILES string of the molecule is CONC(C#N)=C1CC2CCN1CC2. The number of piperidine rings is 3. The maximum Gasteiger partial charge on any atom is 0.157 e. The number of nitrogens with one attached hydrogen (secondary N) is 1. The zero-order chi connectivity index (χ0) is 9.97. The van der Waals surface area contributed by atoms with Gasteiger partial charge in [0.1, 0.15) is 6.07 Å². The second-order valence-electron chi connectivity index (χ2n) is 3.87. The van der Waals surface area contributed by atoms with Crippen LogP contribution in [0.25, 0.3) is 0 Å². The molecule has 2 bridgehead atoms. The number of hydrogen-bond acceptors (Lipinski definition) is 4. The summed E-state index contributed by atoms with van der Waals surface area (Å²) in [5, 5.41) is 8.96. The Morgan fingerprint density at radius 3 is 2.71 bits per heavy atom. The molecule has 3 heterocycles. The van der Waals surface area contributed by atoms with E-state index in [9.17, 15) is 0 Å². The molecule has 3 fully saturated rings. The molecule has 0 aromatic heterocycles. The molecule has 3 saturated heterocycles. The van der Waals surface area contributed by atoms with Gasteiger partial charge in [-0.1, -0.05) is 0 Å². The highest BCUT2D eigenvalue weighted by atomic mass is 16.6. The molecule has 3 rings (SSSR count). The van der Waals surface area contributed by atoms with Crippen molar-refractivity contribution in [2.45, 2.75) is 19.3 Å². The van der Waals surface area contributed by atoms with Gasteiger partial charge in [0.2, 0.25) is 0 Å². The molecule has 0 aliphatic carbocycles. The third-order valence-electron chi connectivity index (χ3n) is 3.08. The van der Waals surface area contributed by atoms with Crippen LogP contribution >= 0.6 is 0 Å². The van der Waals surface area contributed by atoms with Gasteiger partial charge in [0.15, 0.2) is 5.70 Å². The van der Waals surface area contributed by atoms with E-state index >= 15 is 0 Å². The van der Waals surface area contributed by atoms with E-state index < -0.39 is 0 Å². The van der Waals surface area contributed by atoms with Crippen LogP contribution in [0.1, 0.15) is 19.3 Å². The fourth-order valence-electron chi connectivity index (χ4n) is 2.32. The van der Waals surface area contributed by atoms with Gasteiger partial charge in [0, 0.05) is 13.1 Å². The lowest BCUT2D eigenvalue weighted by atomic mass is 9.85. The fraction of sp³-hybridized carbons (Fsp3) is 0.700. The van der Waals surface area contributed by atoms with Crippen molar-refractivity contribution in [2.75, 3.05) is 20.2 Å². The first-order valence-corrected chi connectivity index (χ1v) is 5.02. The molecule has 0 radical (unpaired) electrons. The molecule has 0 saturated carbocycles. The van der Waals surface area contributed by atoms with Crippen LogP contribution in [-0.2, 0) is 4.84 Å². The predicted octanol–water partition coefficient (Wildman–Crippen LogP) is 0.988. The molecule has 14 heavy (non-hydrogen) atoms. The van der Waals surface area contributed by atoms with Gasteiger partial charge in [-0.05, 0) is 25.2 Å². The van der Waals surface area contributed by atoms with Gasteiger partial charge >= 0.3 is 0 Å². The second-order valence-corrected chi connectivity index (χ2v) is 3.87. The first kappa shape index (κ1) is 9.35. The summed E-state index contributed by atoms with van der Waals surface area (Å²) in [6, 6.07) is 2.16. The third-order valence-corrected chi connectivity index (χ3v) is 3.08. The highest BCUT2D eigenvalue weighted by Crippen LogP contribution is 2.35. The van der Waals surface area contributed by atoms with E-state index in [0.29, 0.717) is 5.70 Å². The topological polar surface area (TPSA) is 48.3 Å². The van der Waals surface area contributed by atoms with Crippen molar-refractivity contribution in [3.8, 4) is 6.07 Å². The standard InChI is InChI=1S/C10H15N3O/c1-14-12-9(7-11)10-6-8-2-4-13(10)5-3-8/h8,12H,2-6H2,1H3. The molecule has 0 unspecified atom stereocenters. The molecule has 0 aromatic rings. The first-order valence-electron chi connectivity index (χ1n) is 5.02. The number of nitriles is 1. The predicted molar refractivity (Wildman–Crippen MR) is 51.7 cm³/mol. The van der Waals surface area contributed by atoms with Crippen molar-refractivity contribution < 1.29 is 4.84 Å². The van der Waals surface area contributed by atoms with Crippen LogP contribution in [0.4, 0.5) is 0 Å². The number of nitrogens with zero attached hydrogens (tertiary/aromatic N) is 2. The Balaban J connectivity index is 2.20. The van der Waals surface area contributed by atoms with Crippen molar-refractivity contribution in [2.24, 2.45) is 5.92 Å². The van der Waals surface area contributed by atoms with E-state index in [1.165, 1.54) is 20.0 Å². The van der Waals surface area contributed by atoms with Gasteiger partial charge in [0.25, 0.3) is 0 Å². The molecule has 0 spiro atoms. The van der Waals surface area contributed by atoms with Crippen LogP contribution in [0.5, 0.6) is 0 Å². The minimum absolute atomic E-state index is 0.580. The lowest BCUT2D eigenvalue weighted by molar-refractivity contribution is 0.107. The fourth-order valence-corrected chi connectivity index (χ4v) is 2.32. The Bertz CT molecular complexity index is 284. The van der Waals surface area contributed by atoms with E-state index in [2.05, 4.69) is 16.4 Å². The van der Waals surface area contributed by atoms with Crippen LogP contribution in [-0.4, -0.2) is 25.1 Å². The van der Waals surface area contributed by atoms with Gasteiger partial charge in [-0.15, -0.1) is 0 Å². The summed E-state index contributed by atoms with van der Waals surface area (Å²) >= 11 is 0. The Hall–Kier alpha value is -1.21. The highest BCUT2D eigenvalue weighted by molar-refractivity contribution is 5.26. The summed E-state index contributed by atoms with van der Waals surface area (Å²) in [5.74, 6) is 0.775. The van der Waals surface area contributed by atoms with Crippen molar-refractivity contribution in [1.82, 2.24) is 10.4 Å². The van der Waals surface area contributed by atoms with Crippen molar-refractivity contribution in [1.29, 1.82) is 5.26 Å². The number of fused-ring (bicyclic) bond motifs is 3. The van der Waals surface area contributed by atoms with Crippen LogP contribution < -0.4 is 5.48 Å². The summed E-state index contributed by atoms with van der Waals surface area (Å²) in [6.07, 6.45) is 3.57. The molecule has 0 aromatic carbocycles. The molecule has 3 aliphatic rings. The Kier molecular flexibility index (Phi) is 2.60. The van der Waals surface area contributed by atoms with E-state index in [0.717, 1.165) is 31.1 Å². The molecular formula is C10H15N3O. The van der Waals surface area contributed by atoms with Crippen LogP contribution in [0.3, 0.4) is 0 Å². The minimum atomic E-state index is 0.580. The minimum Gasteiger partial charge on any atom is -0.372 e. The molecule has 4 nitrogen and oxygen atoms in total. The van der Waals surface area contributed by atoms with Gasteiger partial charge in [-0.25, -0.2) is 0 Å². The van der Waals surface area contributed by atoms with Crippen molar-refractivity contribution in [3.63, 3.8) is 0 Å². The van der Waals surface area contributed by atoms with E-state index in [-0.39, 0.29) is 0 Å². The molecule has 76 valence electrons. The first-order chi connectivity index (χ1) is 6.85. The molecular weight excluding hydrogens is 178 g/mol. The summed E-state index contributed by atoms with van der Waals surface area (Å²) in [7, 11) is 1.54. The smallest absolute Gasteiger partial charge is 0.157 e. The van der Waals surface area contributed by atoms with Gasteiger partial charge < -0.3 is 4.90 Å². The zero-order valence-electron chi connectivity index (χ0n) is 8.42. The Morgan fingerprint density at radius 1 is 1.57 bits per heavy atom. The lowest BCUT2D eigenvalue weighted by Gasteiger charge is -2.42. The lowest BCUT2D eigenvalue weighted by Crippen LogP contribution is -2.41. The molecule has 1 N–H and O–H groups in total. The Morgan fingerprint density at radius 2 is 2.29 bits per heavy atom. The quantitative estimate of drug-likeness (QED) is 0.525. The number of hydrogen-bond donors (Lipinski definition) is 1. The maximum absolute atomic E-state index is 8.96. The van der Waals surface area contributed by atoms with Crippen molar-refractivity contribution >= 4 is 0 Å². The molecule has 3 aliphatic heterocycles. The molecule has 4 heteroatoms. The van der Waals surface area contributed by atoms with E-state index in [1.807, 2.05) is 0 Å². The summed E-state index contributed by atoms with van der Waals surface area (Å²) in [4.78, 5) is 7.09. The van der Waals surface area contributed by atoms with Crippen LogP contribution in [0, 0.1) is 17.2 Å². The molecule has 0 atom stereocenters. The maximum atomic E-state index is 8.96. The van der Waals surface area contributed by atoms with Gasteiger partial charge in [-0.3, -0.25) is 10.3 Å². The highest BCUT2D eigenvalue weighted by Gasteiger charge is 2.30. The van der Waals surface area contributed by atoms with Crippen LogP contribution in [0.15, 0.2) is 11.4 Å². The Labute approximate surface area is 84.1 Å². The number of allylic oxidation sites excluding steroid dienone is 2. The van der Waals surface area contributed by atoms with Gasteiger partial charge in [0.05, 0.1) is 12.8 Å². The molecule has 0 amide bonds. The second kappa shape index (κ2) is 3.89. The largest absolute Gasteiger partial charge is 0.372 e. The van der Waals surface area contributed by atoms with Crippen LogP contribution in [0.2, 0.25) is 0 Å². The van der Waals surface area contributed by atoms with E-state index in [4.69, 9.17) is 10.1 Å². The zero-order valence-corrected chi connectivity index (χ0v) is 8.42.